The lowest BCUT2D eigenvalue weighted by Crippen LogP contribution is -2.33. The number of anilines is 1. The summed E-state index contributed by atoms with van der Waals surface area (Å²) in [5, 5.41) is 3.02. The summed E-state index contributed by atoms with van der Waals surface area (Å²) in [5.74, 6) is 2.29. The van der Waals surface area contributed by atoms with Gasteiger partial charge < -0.3 is 20.5 Å². The van der Waals surface area contributed by atoms with Gasteiger partial charge in [-0.3, -0.25) is 4.79 Å². The van der Waals surface area contributed by atoms with E-state index >= 15 is 0 Å². The standard InChI is InChI=1S/C16H22N2O3/c1-10-4-2-3-5-11(10)8-18-16(19)12-6-14-15(7-13(12)17)21-9-20-14/h6-7,10-11H,2-5,8-9,17H2,1H3,(H,18,19). The molecular formula is C16H22N2O3. The topological polar surface area (TPSA) is 73.6 Å². The normalized spacial score (nSPS) is 23.9. The Morgan fingerprint density at radius 2 is 2.00 bits per heavy atom. The number of amides is 1. The highest BCUT2D eigenvalue weighted by Crippen LogP contribution is 2.36. The van der Waals surface area contributed by atoms with Gasteiger partial charge >= 0.3 is 0 Å². The fourth-order valence-corrected chi connectivity index (χ4v) is 3.17. The average molecular weight is 290 g/mol. The van der Waals surface area contributed by atoms with E-state index < -0.39 is 0 Å². The number of rotatable bonds is 3. The second-order valence-electron chi connectivity index (χ2n) is 6.02. The molecule has 21 heavy (non-hydrogen) atoms. The van der Waals surface area contributed by atoms with Crippen LogP contribution in [0.2, 0.25) is 0 Å². The summed E-state index contributed by atoms with van der Waals surface area (Å²) in [6.45, 7) is 3.16. The van der Waals surface area contributed by atoms with Gasteiger partial charge in [0.05, 0.1) is 5.56 Å². The molecule has 1 saturated carbocycles. The van der Waals surface area contributed by atoms with Crippen molar-refractivity contribution in [1.82, 2.24) is 5.32 Å². The number of benzene rings is 1. The Morgan fingerprint density at radius 1 is 1.29 bits per heavy atom. The number of ether oxygens (including phenoxy) is 2. The van der Waals surface area contributed by atoms with E-state index in [1.807, 2.05) is 0 Å². The molecule has 114 valence electrons. The lowest BCUT2D eigenvalue weighted by molar-refractivity contribution is 0.0937. The van der Waals surface area contributed by atoms with Crippen LogP contribution in [0.1, 0.15) is 43.0 Å². The van der Waals surface area contributed by atoms with Crippen molar-refractivity contribution >= 4 is 11.6 Å². The van der Waals surface area contributed by atoms with E-state index in [4.69, 9.17) is 15.2 Å². The van der Waals surface area contributed by atoms with Gasteiger partial charge in [0, 0.05) is 18.3 Å². The number of nitrogens with two attached hydrogens (primary N) is 1. The number of hydrogen-bond donors (Lipinski definition) is 2. The van der Waals surface area contributed by atoms with Gasteiger partial charge in [0.15, 0.2) is 11.5 Å². The second-order valence-corrected chi connectivity index (χ2v) is 6.02. The molecule has 0 aromatic heterocycles. The molecule has 5 nitrogen and oxygen atoms in total. The van der Waals surface area contributed by atoms with Crippen LogP contribution < -0.4 is 20.5 Å². The molecule has 0 bridgehead atoms. The van der Waals surface area contributed by atoms with Gasteiger partial charge in [0.25, 0.3) is 5.91 Å². The Kier molecular flexibility index (Phi) is 3.90. The SMILES string of the molecule is CC1CCCCC1CNC(=O)c1cc2c(cc1N)OCO2. The number of nitrogen functional groups attached to an aromatic ring is 1. The average Bonchev–Trinajstić information content (AvgIpc) is 2.92. The molecule has 0 spiro atoms. The maximum atomic E-state index is 12.3. The van der Waals surface area contributed by atoms with Crippen molar-refractivity contribution in [1.29, 1.82) is 0 Å². The summed E-state index contributed by atoms with van der Waals surface area (Å²) >= 11 is 0. The fraction of sp³-hybridized carbons (Fsp3) is 0.562. The van der Waals surface area contributed by atoms with Crippen LogP contribution in [0.25, 0.3) is 0 Å². The van der Waals surface area contributed by atoms with E-state index in [9.17, 15) is 4.79 Å². The number of fused-ring (bicyclic) bond motifs is 1. The van der Waals surface area contributed by atoms with Gasteiger partial charge in [0.2, 0.25) is 6.79 Å². The van der Waals surface area contributed by atoms with Crippen molar-refractivity contribution in [2.45, 2.75) is 32.6 Å². The van der Waals surface area contributed by atoms with Crippen molar-refractivity contribution in [3.8, 4) is 11.5 Å². The van der Waals surface area contributed by atoms with Crippen molar-refractivity contribution < 1.29 is 14.3 Å². The zero-order valence-electron chi connectivity index (χ0n) is 12.4. The molecule has 1 aliphatic heterocycles. The molecule has 1 amide bonds. The zero-order chi connectivity index (χ0) is 14.8. The van der Waals surface area contributed by atoms with Crippen molar-refractivity contribution in [2.75, 3.05) is 19.1 Å². The minimum atomic E-state index is -0.136. The Labute approximate surface area is 124 Å². The Balaban J connectivity index is 1.65. The first-order chi connectivity index (χ1) is 10.1. The quantitative estimate of drug-likeness (QED) is 0.839. The number of carbonyl (C=O) groups is 1. The molecule has 2 unspecified atom stereocenters. The van der Waals surface area contributed by atoms with Gasteiger partial charge in [-0.1, -0.05) is 26.2 Å². The molecular weight excluding hydrogens is 268 g/mol. The first-order valence-corrected chi connectivity index (χ1v) is 7.62. The number of carbonyl (C=O) groups excluding carboxylic acids is 1. The Morgan fingerprint density at radius 3 is 2.76 bits per heavy atom. The third kappa shape index (κ3) is 2.91. The van der Waals surface area contributed by atoms with E-state index in [2.05, 4.69) is 12.2 Å². The summed E-state index contributed by atoms with van der Waals surface area (Å²) in [4.78, 5) is 12.3. The van der Waals surface area contributed by atoms with E-state index in [0.717, 1.165) is 0 Å². The van der Waals surface area contributed by atoms with Crippen LogP contribution in [0, 0.1) is 11.8 Å². The molecule has 1 heterocycles. The van der Waals surface area contributed by atoms with Crippen molar-refractivity contribution in [3.05, 3.63) is 17.7 Å². The van der Waals surface area contributed by atoms with Crippen LogP contribution in [0.4, 0.5) is 5.69 Å². The van der Waals surface area contributed by atoms with Crippen molar-refractivity contribution in [2.24, 2.45) is 11.8 Å². The molecule has 3 rings (SSSR count). The molecule has 1 aromatic carbocycles. The van der Waals surface area contributed by atoms with E-state index in [-0.39, 0.29) is 12.7 Å². The van der Waals surface area contributed by atoms with Gasteiger partial charge in [-0.05, 0) is 24.3 Å². The first kappa shape index (κ1) is 14.0. The van der Waals surface area contributed by atoms with Crippen molar-refractivity contribution in [3.63, 3.8) is 0 Å². The summed E-state index contributed by atoms with van der Waals surface area (Å²) in [7, 11) is 0. The Hall–Kier alpha value is -1.91. The number of nitrogens with one attached hydrogen (secondary N) is 1. The van der Waals surface area contributed by atoms with Crippen LogP contribution in [-0.2, 0) is 0 Å². The summed E-state index contributed by atoms with van der Waals surface area (Å²) in [6, 6.07) is 3.32. The molecule has 0 saturated heterocycles. The van der Waals surface area contributed by atoms with Crippen LogP contribution in [0.5, 0.6) is 11.5 Å². The maximum absolute atomic E-state index is 12.3. The highest BCUT2D eigenvalue weighted by Gasteiger charge is 2.23. The predicted octanol–water partition coefficient (Wildman–Crippen LogP) is 2.55. The van der Waals surface area contributed by atoms with Gasteiger partial charge in [-0.2, -0.15) is 0 Å². The van der Waals surface area contributed by atoms with E-state index in [1.54, 1.807) is 12.1 Å². The molecule has 1 aromatic rings. The maximum Gasteiger partial charge on any atom is 0.253 e. The lowest BCUT2D eigenvalue weighted by atomic mass is 9.80. The smallest absolute Gasteiger partial charge is 0.253 e. The summed E-state index contributed by atoms with van der Waals surface area (Å²) in [6.07, 6.45) is 5.02. The summed E-state index contributed by atoms with van der Waals surface area (Å²) in [5.41, 5.74) is 6.82. The minimum Gasteiger partial charge on any atom is -0.454 e. The molecule has 1 fully saturated rings. The zero-order valence-corrected chi connectivity index (χ0v) is 12.4. The number of hydrogen-bond acceptors (Lipinski definition) is 4. The molecule has 2 aliphatic rings. The van der Waals surface area contributed by atoms with E-state index in [0.29, 0.717) is 41.1 Å². The molecule has 1 aliphatic carbocycles. The highest BCUT2D eigenvalue weighted by molar-refractivity contribution is 6.00. The third-order valence-corrected chi connectivity index (χ3v) is 4.60. The Bertz CT molecular complexity index is 545. The van der Waals surface area contributed by atoms with Gasteiger partial charge in [0.1, 0.15) is 0 Å². The van der Waals surface area contributed by atoms with Gasteiger partial charge in [-0.15, -0.1) is 0 Å². The monoisotopic (exact) mass is 290 g/mol. The lowest BCUT2D eigenvalue weighted by Gasteiger charge is -2.28. The summed E-state index contributed by atoms with van der Waals surface area (Å²) < 4.78 is 10.5. The van der Waals surface area contributed by atoms with E-state index in [1.165, 1.54) is 25.7 Å². The molecule has 2 atom stereocenters. The van der Waals surface area contributed by atoms with Gasteiger partial charge in [-0.25, -0.2) is 0 Å². The molecule has 0 radical (unpaired) electrons. The third-order valence-electron chi connectivity index (χ3n) is 4.60. The largest absolute Gasteiger partial charge is 0.454 e. The minimum absolute atomic E-state index is 0.136. The van der Waals surface area contributed by atoms with Crippen LogP contribution in [0.3, 0.4) is 0 Å². The first-order valence-electron chi connectivity index (χ1n) is 7.62. The fourth-order valence-electron chi connectivity index (χ4n) is 3.17. The van der Waals surface area contributed by atoms with Crippen LogP contribution in [-0.4, -0.2) is 19.2 Å². The molecule has 5 heteroatoms. The van der Waals surface area contributed by atoms with Crippen LogP contribution >= 0.6 is 0 Å². The van der Waals surface area contributed by atoms with Crippen LogP contribution in [0.15, 0.2) is 12.1 Å². The molecule has 3 N–H and O–H groups in total. The highest BCUT2D eigenvalue weighted by atomic mass is 16.7. The predicted molar refractivity (Wildman–Crippen MR) is 80.4 cm³/mol. The second kappa shape index (κ2) is 5.84.